The van der Waals surface area contributed by atoms with Gasteiger partial charge in [0.2, 0.25) is 11.8 Å². The van der Waals surface area contributed by atoms with Gasteiger partial charge in [0.25, 0.3) is 0 Å². The number of hydrogen-bond donors (Lipinski definition) is 3. The van der Waals surface area contributed by atoms with Gasteiger partial charge in [-0.2, -0.15) is 0 Å². The third kappa shape index (κ3) is 5.19. The lowest BCUT2D eigenvalue weighted by atomic mass is 10.2. The van der Waals surface area contributed by atoms with Crippen LogP contribution in [0, 0.1) is 0 Å². The van der Waals surface area contributed by atoms with E-state index in [1.807, 2.05) is 6.92 Å². The van der Waals surface area contributed by atoms with E-state index < -0.39 is 6.04 Å². The van der Waals surface area contributed by atoms with Crippen LogP contribution in [-0.4, -0.2) is 31.4 Å². The summed E-state index contributed by atoms with van der Waals surface area (Å²) in [7, 11) is 1.51. The van der Waals surface area contributed by atoms with Gasteiger partial charge >= 0.3 is 0 Å². The van der Waals surface area contributed by atoms with E-state index in [4.69, 9.17) is 5.73 Å². The van der Waals surface area contributed by atoms with Crippen molar-refractivity contribution in [3.63, 3.8) is 0 Å². The molecule has 0 rings (SSSR count). The maximum atomic E-state index is 11.1. The maximum absolute atomic E-state index is 11.1. The van der Waals surface area contributed by atoms with E-state index in [-0.39, 0.29) is 18.4 Å². The second-order valence-corrected chi connectivity index (χ2v) is 2.79. The molecule has 0 aliphatic carbocycles. The Balaban J connectivity index is 3.67. The van der Waals surface area contributed by atoms with Gasteiger partial charge in [-0.25, -0.2) is 0 Å². The van der Waals surface area contributed by atoms with Gasteiger partial charge in [-0.05, 0) is 6.42 Å². The molecule has 0 unspecified atom stereocenters. The number of likely N-dealkylation sites (N-methyl/N-ethyl adjacent to an activating group) is 1. The van der Waals surface area contributed by atoms with E-state index in [9.17, 15) is 9.59 Å². The molecule has 0 aromatic heterocycles. The molecule has 76 valence electrons. The molecule has 13 heavy (non-hydrogen) atoms. The molecule has 0 saturated heterocycles. The smallest absolute Gasteiger partial charge is 0.239 e. The van der Waals surface area contributed by atoms with E-state index in [0.29, 0.717) is 6.42 Å². The van der Waals surface area contributed by atoms with Gasteiger partial charge < -0.3 is 16.4 Å². The minimum absolute atomic E-state index is 0.00719. The van der Waals surface area contributed by atoms with Crippen LogP contribution in [0.25, 0.3) is 0 Å². The van der Waals surface area contributed by atoms with Gasteiger partial charge in [0, 0.05) is 7.05 Å². The number of nitrogens with two attached hydrogens (primary N) is 1. The van der Waals surface area contributed by atoms with E-state index in [2.05, 4.69) is 10.6 Å². The van der Waals surface area contributed by atoms with Crippen molar-refractivity contribution in [1.82, 2.24) is 10.6 Å². The largest absolute Gasteiger partial charge is 0.358 e. The molecule has 1 atom stereocenters. The topological polar surface area (TPSA) is 84.2 Å². The standard InChI is InChI=1S/C8H17N3O2/c1-3-4-6(9)8(13)11-5-7(12)10-2/h6H,3-5,9H2,1-2H3,(H,10,12)(H,11,13)/t6-/m0/s1. The molecule has 2 amide bonds. The van der Waals surface area contributed by atoms with Crippen molar-refractivity contribution in [3.05, 3.63) is 0 Å². The van der Waals surface area contributed by atoms with E-state index in [1.165, 1.54) is 7.05 Å². The quantitative estimate of drug-likeness (QED) is 0.515. The highest BCUT2D eigenvalue weighted by molar-refractivity contribution is 5.87. The van der Waals surface area contributed by atoms with Crippen LogP contribution in [-0.2, 0) is 9.59 Å². The van der Waals surface area contributed by atoms with Crippen molar-refractivity contribution >= 4 is 11.8 Å². The maximum Gasteiger partial charge on any atom is 0.239 e. The van der Waals surface area contributed by atoms with Crippen molar-refractivity contribution in [2.24, 2.45) is 5.73 Å². The second kappa shape index (κ2) is 6.42. The summed E-state index contributed by atoms with van der Waals surface area (Å²) < 4.78 is 0. The Bertz CT molecular complexity index is 182. The van der Waals surface area contributed by atoms with Crippen molar-refractivity contribution in [1.29, 1.82) is 0 Å². The van der Waals surface area contributed by atoms with Crippen LogP contribution in [0.3, 0.4) is 0 Å². The first kappa shape index (κ1) is 11.9. The normalized spacial score (nSPS) is 11.9. The van der Waals surface area contributed by atoms with Gasteiger partial charge in [-0.3, -0.25) is 9.59 Å². The zero-order chi connectivity index (χ0) is 10.3. The molecule has 0 heterocycles. The summed E-state index contributed by atoms with van der Waals surface area (Å²) in [6.07, 6.45) is 1.49. The van der Waals surface area contributed by atoms with E-state index >= 15 is 0 Å². The number of amides is 2. The Morgan fingerprint density at radius 3 is 2.54 bits per heavy atom. The number of carbonyl (C=O) groups is 2. The highest BCUT2D eigenvalue weighted by atomic mass is 16.2. The van der Waals surface area contributed by atoms with E-state index in [1.54, 1.807) is 0 Å². The summed E-state index contributed by atoms with van der Waals surface area (Å²) in [5.74, 6) is -0.498. The first-order chi connectivity index (χ1) is 6.11. The van der Waals surface area contributed by atoms with Gasteiger partial charge in [-0.1, -0.05) is 13.3 Å². The van der Waals surface area contributed by atoms with Gasteiger partial charge in [0.1, 0.15) is 0 Å². The summed E-state index contributed by atoms with van der Waals surface area (Å²) >= 11 is 0. The van der Waals surface area contributed by atoms with Gasteiger partial charge in [0.15, 0.2) is 0 Å². The predicted octanol–water partition coefficient (Wildman–Crippen LogP) is -1.02. The summed E-state index contributed by atoms with van der Waals surface area (Å²) in [6.45, 7) is 1.94. The Labute approximate surface area is 78.1 Å². The second-order valence-electron chi connectivity index (χ2n) is 2.79. The van der Waals surface area contributed by atoms with Crippen LogP contribution >= 0.6 is 0 Å². The third-order valence-corrected chi connectivity index (χ3v) is 1.64. The predicted molar refractivity (Wildman–Crippen MR) is 50.0 cm³/mol. The molecular weight excluding hydrogens is 170 g/mol. The Hall–Kier alpha value is -1.10. The molecule has 5 nitrogen and oxygen atoms in total. The lowest BCUT2D eigenvalue weighted by molar-refractivity contribution is -0.126. The van der Waals surface area contributed by atoms with Crippen LogP contribution in [0.5, 0.6) is 0 Å². The highest BCUT2D eigenvalue weighted by Gasteiger charge is 2.12. The number of nitrogens with one attached hydrogen (secondary N) is 2. The molecule has 0 aromatic carbocycles. The zero-order valence-electron chi connectivity index (χ0n) is 8.09. The Kier molecular flexibility index (Phi) is 5.88. The number of carbonyl (C=O) groups excluding carboxylic acids is 2. The molecule has 4 N–H and O–H groups in total. The Morgan fingerprint density at radius 1 is 1.46 bits per heavy atom. The number of rotatable bonds is 5. The van der Waals surface area contributed by atoms with Crippen molar-refractivity contribution in [3.8, 4) is 0 Å². The fourth-order valence-corrected chi connectivity index (χ4v) is 0.829. The van der Waals surface area contributed by atoms with E-state index in [0.717, 1.165) is 6.42 Å². The fraction of sp³-hybridized carbons (Fsp3) is 0.750. The molecular formula is C8H17N3O2. The van der Waals surface area contributed by atoms with Crippen molar-refractivity contribution in [2.45, 2.75) is 25.8 Å². The molecule has 0 bridgehead atoms. The molecule has 5 heteroatoms. The minimum Gasteiger partial charge on any atom is -0.358 e. The third-order valence-electron chi connectivity index (χ3n) is 1.64. The first-order valence-corrected chi connectivity index (χ1v) is 4.35. The van der Waals surface area contributed by atoms with Crippen molar-refractivity contribution in [2.75, 3.05) is 13.6 Å². The molecule has 0 fully saturated rings. The summed E-state index contributed by atoms with van der Waals surface area (Å²) in [5.41, 5.74) is 5.51. The van der Waals surface area contributed by atoms with Crippen LogP contribution in [0.15, 0.2) is 0 Å². The minimum atomic E-state index is -0.505. The summed E-state index contributed by atoms with van der Waals surface area (Å²) in [4.78, 5) is 21.9. The zero-order valence-corrected chi connectivity index (χ0v) is 8.09. The van der Waals surface area contributed by atoms with Crippen LogP contribution in [0.2, 0.25) is 0 Å². The average Bonchev–Trinajstić information content (AvgIpc) is 2.13. The average molecular weight is 187 g/mol. The number of hydrogen-bond acceptors (Lipinski definition) is 3. The molecule has 0 aromatic rings. The first-order valence-electron chi connectivity index (χ1n) is 4.35. The molecule has 0 aliphatic rings. The lowest BCUT2D eigenvalue weighted by Crippen LogP contribution is -2.44. The monoisotopic (exact) mass is 187 g/mol. The highest BCUT2D eigenvalue weighted by Crippen LogP contribution is 1.92. The van der Waals surface area contributed by atoms with Crippen LogP contribution in [0.1, 0.15) is 19.8 Å². The lowest BCUT2D eigenvalue weighted by Gasteiger charge is -2.09. The van der Waals surface area contributed by atoms with Crippen LogP contribution in [0.4, 0.5) is 0 Å². The van der Waals surface area contributed by atoms with Crippen LogP contribution < -0.4 is 16.4 Å². The molecule has 0 radical (unpaired) electrons. The van der Waals surface area contributed by atoms with Gasteiger partial charge in [0.05, 0.1) is 12.6 Å². The van der Waals surface area contributed by atoms with Gasteiger partial charge in [-0.15, -0.1) is 0 Å². The van der Waals surface area contributed by atoms with Crippen molar-refractivity contribution < 1.29 is 9.59 Å². The molecule has 0 aliphatic heterocycles. The Morgan fingerprint density at radius 2 is 2.08 bits per heavy atom. The fourth-order valence-electron chi connectivity index (χ4n) is 0.829. The SMILES string of the molecule is CCC[C@H](N)C(=O)NCC(=O)NC. The summed E-state index contributed by atoms with van der Waals surface area (Å²) in [5, 5.41) is 4.84. The molecule has 0 saturated carbocycles. The summed E-state index contributed by atoms with van der Waals surface area (Å²) in [6, 6.07) is -0.505. The molecule has 0 spiro atoms.